The first kappa shape index (κ1) is 13.7. The number of benzene rings is 1. The molecular formula is C11H15N2O3S-. The summed E-state index contributed by atoms with van der Waals surface area (Å²) in [5, 5.41) is 2.56. The molecule has 5 nitrogen and oxygen atoms in total. The zero-order valence-corrected chi connectivity index (χ0v) is 10.6. The van der Waals surface area contributed by atoms with E-state index in [1.807, 2.05) is 30.3 Å². The molecule has 0 saturated carbocycles. The second-order valence-corrected chi connectivity index (χ2v) is 4.61. The summed E-state index contributed by atoms with van der Waals surface area (Å²) in [5.41, 5.74) is 0.918. The zero-order chi connectivity index (χ0) is 12.8. The van der Waals surface area contributed by atoms with Crippen LogP contribution in [-0.4, -0.2) is 25.1 Å². The minimum atomic E-state index is -2.55. The van der Waals surface area contributed by atoms with E-state index < -0.39 is 23.3 Å². The first-order valence-corrected chi connectivity index (χ1v) is 6.26. The highest BCUT2D eigenvalue weighted by Crippen LogP contribution is 2.03. The fraction of sp³-hybridized carbons (Fsp3) is 0.364. The number of hydrogen-bond donors (Lipinski definition) is 1. The number of rotatable bonds is 4. The van der Waals surface area contributed by atoms with Gasteiger partial charge < -0.3 is 9.87 Å². The number of carbonyl (C=O) groups excluding carboxylic acids is 1. The molecule has 0 radical (unpaired) electrons. The Bertz CT molecular complexity index is 395. The van der Waals surface area contributed by atoms with Gasteiger partial charge in [-0.05, 0) is 19.4 Å². The van der Waals surface area contributed by atoms with Gasteiger partial charge in [0.05, 0.1) is 11.3 Å². The molecule has 0 aliphatic heterocycles. The summed E-state index contributed by atoms with van der Waals surface area (Å²) in [6, 6.07) is 8.28. The Hall–Kier alpha value is -1.40. The maximum absolute atomic E-state index is 11.6. The molecule has 2 amide bonds. The highest BCUT2D eigenvalue weighted by atomic mass is 32.2. The van der Waals surface area contributed by atoms with Crippen LogP contribution in [-0.2, 0) is 17.8 Å². The van der Waals surface area contributed by atoms with Gasteiger partial charge in [0, 0.05) is 12.6 Å². The standard InChI is InChI=1S/C11H16N2O3S/c1-9(2)13(17(15)16)11(14)12-8-10-6-4-3-5-7-10/h3-7,9H,8H2,1-2H3,(H,12,14)(H,15,16)/p-1. The van der Waals surface area contributed by atoms with Gasteiger partial charge in [0.25, 0.3) is 0 Å². The van der Waals surface area contributed by atoms with E-state index in [2.05, 4.69) is 5.32 Å². The lowest BCUT2D eigenvalue weighted by Crippen LogP contribution is -2.44. The lowest BCUT2D eigenvalue weighted by atomic mass is 10.2. The van der Waals surface area contributed by atoms with Crippen molar-refractivity contribution in [2.24, 2.45) is 0 Å². The Morgan fingerprint density at radius 2 is 2.00 bits per heavy atom. The van der Waals surface area contributed by atoms with Crippen molar-refractivity contribution >= 4 is 17.3 Å². The van der Waals surface area contributed by atoms with Crippen molar-refractivity contribution in [2.45, 2.75) is 26.4 Å². The summed E-state index contributed by atoms with van der Waals surface area (Å²) in [6.07, 6.45) is 0. The van der Waals surface area contributed by atoms with E-state index in [1.165, 1.54) is 0 Å². The van der Waals surface area contributed by atoms with Crippen LogP contribution in [0.4, 0.5) is 4.79 Å². The summed E-state index contributed by atoms with van der Waals surface area (Å²) in [6.45, 7) is 3.58. The lowest BCUT2D eigenvalue weighted by Gasteiger charge is -2.28. The predicted octanol–water partition coefficient (Wildman–Crippen LogP) is 1.40. The number of nitrogens with one attached hydrogen (secondary N) is 1. The average Bonchev–Trinajstić information content (AvgIpc) is 2.27. The third kappa shape index (κ3) is 4.16. The summed E-state index contributed by atoms with van der Waals surface area (Å²) < 4.78 is 22.5. The lowest BCUT2D eigenvalue weighted by molar-refractivity contribution is 0.214. The van der Waals surface area contributed by atoms with Crippen LogP contribution in [0.3, 0.4) is 0 Å². The van der Waals surface area contributed by atoms with Crippen molar-refractivity contribution in [2.75, 3.05) is 0 Å². The van der Waals surface area contributed by atoms with Crippen LogP contribution in [0, 0.1) is 0 Å². The Kier molecular flexibility index (Phi) is 5.11. The Labute approximate surface area is 103 Å². The second-order valence-electron chi connectivity index (χ2n) is 3.78. The Morgan fingerprint density at radius 3 is 2.47 bits per heavy atom. The van der Waals surface area contributed by atoms with Crippen LogP contribution in [0.1, 0.15) is 19.4 Å². The van der Waals surface area contributed by atoms with Gasteiger partial charge in [-0.3, -0.25) is 8.51 Å². The molecule has 94 valence electrons. The summed E-state index contributed by atoms with van der Waals surface area (Å²) in [5.74, 6) is 0. The van der Waals surface area contributed by atoms with Crippen LogP contribution in [0.5, 0.6) is 0 Å². The molecule has 0 bridgehead atoms. The minimum Gasteiger partial charge on any atom is -0.755 e. The smallest absolute Gasteiger partial charge is 0.328 e. The van der Waals surface area contributed by atoms with Crippen LogP contribution in [0.25, 0.3) is 0 Å². The number of nitrogens with zero attached hydrogens (tertiary/aromatic N) is 1. The van der Waals surface area contributed by atoms with Gasteiger partial charge in [-0.1, -0.05) is 30.3 Å². The molecule has 0 heterocycles. The fourth-order valence-electron chi connectivity index (χ4n) is 1.33. The monoisotopic (exact) mass is 255 g/mol. The Balaban J connectivity index is 2.57. The molecule has 0 saturated heterocycles. The van der Waals surface area contributed by atoms with Gasteiger partial charge in [0.15, 0.2) is 0 Å². The molecule has 0 aliphatic rings. The van der Waals surface area contributed by atoms with E-state index in [0.717, 1.165) is 9.87 Å². The molecule has 0 aromatic heterocycles. The maximum Gasteiger partial charge on any atom is 0.328 e. The largest absolute Gasteiger partial charge is 0.755 e. The number of urea groups is 1. The van der Waals surface area contributed by atoms with Gasteiger partial charge in [-0.2, -0.15) is 0 Å². The van der Waals surface area contributed by atoms with Crippen LogP contribution >= 0.6 is 0 Å². The van der Waals surface area contributed by atoms with Crippen molar-refractivity contribution in [3.05, 3.63) is 35.9 Å². The van der Waals surface area contributed by atoms with Gasteiger partial charge >= 0.3 is 6.03 Å². The van der Waals surface area contributed by atoms with E-state index >= 15 is 0 Å². The van der Waals surface area contributed by atoms with E-state index in [9.17, 15) is 13.6 Å². The normalized spacial score (nSPS) is 12.2. The number of amides is 2. The topological polar surface area (TPSA) is 72.5 Å². The highest BCUT2D eigenvalue weighted by Gasteiger charge is 2.17. The van der Waals surface area contributed by atoms with Crippen molar-refractivity contribution in [3.63, 3.8) is 0 Å². The van der Waals surface area contributed by atoms with Crippen molar-refractivity contribution < 1.29 is 13.6 Å². The minimum absolute atomic E-state index is 0.306. The summed E-state index contributed by atoms with van der Waals surface area (Å²) >= 11 is -2.55. The maximum atomic E-state index is 11.6. The van der Waals surface area contributed by atoms with Gasteiger partial charge in [-0.15, -0.1) is 0 Å². The summed E-state index contributed by atoms with van der Waals surface area (Å²) in [7, 11) is 0. The fourth-order valence-corrected chi connectivity index (χ4v) is 1.87. The van der Waals surface area contributed by atoms with Crippen LogP contribution in [0.2, 0.25) is 0 Å². The first-order valence-electron chi connectivity index (χ1n) is 5.22. The molecule has 0 aliphatic carbocycles. The van der Waals surface area contributed by atoms with E-state index in [1.54, 1.807) is 13.8 Å². The van der Waals surface area contributed by atoms with E-state index in [-0.39, 0.29) is 0 Å². The molecule has 1 aromatic rings. The zero-order valence-electron chi connectivity index (χ0n) is 9.75. The molecular weight excluding hydrogens is 240 g/mol. The quantitative estimate of drug-likeness (QED) is 0.826. The molecule has 1 rings (SSSR count). The van der Waals surface area contributed by atoms with E-state index in [4.69, 9.17) is 0 Å². The van der Waals surface area contributed by atoms with Gasteiger partial charge in [0.1, 0.15) is 0 Å². The van der Waals surface area contributed by atoms with Gasteiger partial charge in [-0.25, -0.2) is 4.79 Å². The molecule has 1 aromatic carbocycles. The molecule has 1 atom stereocenters. The van der Waals surface area contributed by atoms with Crippen molar-refractivity contribution in [1.82, 2.24) is 9.62 Å². The highest BCUT2D eigenvalue weighted by molar-refractivity contribution is 7.77. The molecule has 17 heavy (non-hydrogen) atoms. The van der Waals surface area contributed by atoms with Crippen LogP contribution in [0.15, 0.2) is 30.3 Å². The average molecular weight is 255 g/mol. The molecule has 1 unspecified atom stereocenters. The summed E-state index contributed by atoms with van der Waals surface area (Å²) in [4.78, 5) is 11.6. The molecule has 1 N–H and O–H groups in total. The third-order valence-corrected chi connectivity index (χ3v) is 3.03. The second kappa shape index (κ2) is 6.36. The van der Waals surface area contributed by atoms with E-state index in [0.29, 0.717) is 6.54 Å². The third-order valence-electron chi connectivity index (χ3n) is 2.12. The molecule has 6 heteroatoms. The van der Waals surface area contributed by atoms with Crippen molar-refractivity contribution in [1.29, 1.82) is 0 Å². The SMILES string of the molecule is CC(C)N(C(=O)NCc1ccccc1)S(=O)[O-]. The number of carbonyl (C=O) groups is 1. The van der Waals surface area contributed by atoms with Crippen LogP contribution < -0.4 is 5.32 Å². The molecule has 0 spiro atoms. The molecule has 0 fully saturated rings. The van der Waals surface area contributed by atoms with Gasteiger partial charge in [0.2, 0.25) is 0 Å². The first-order chi connectivity index (χ1) is 8.02. The predicted molar refractivity (Wildman–Crippen MR) is 64.6 cm³/mol. The van der Waals surface area contributed by atoms with Crippen molar-refractivity contribution in [3.8, 4) is 0 Å². The number of hydrogen-bond acceptors (Lipinski definition) is 3. The Morgan fingerprint density at radius 1 is 1.41 bits per heavy atom.